The molecule has 0 aliphatic carbocycles. The molecule has 2 nitrogen and oxygen atoms in total. The van der Waals surface area contributed by atoms with Crippen LogP contribution in [0.25, 0.3) is 0 Å². The summed E-state index contributed by atoms with van der Waals surface area (Å²) in [6.07, 6.45) is 0.472. The van der Waals surface area contributed by atoms with E-state index in [4.69, 9.17) is 0 Å². The van der Waals surface area contributed by atoms with Crippen molar-refractivity contribution in [3.63, 3.8) is 0 Å². The van der Waals surface area contributed by atoms with Crippen molar-refractivity contribution in [1.29, 1.82) is 0 Å². The second-order valence-corrected chi connectivity index (χ2v) is 3.88. The molecule has 0 heterocycles. The molecule has 1 rings (SSSR count). The molecule has 0 aliphatic rings. The Bertz CT molecular complexity index is 378. The van der Waals surface area contributed by atoms with Gasteiger partial charge in [-0.1, -0.05) is 52.8 Å². The summed E-state index contributed by atoms with van der Waals surface area (Å²) < 4.78 is 0. The van der Waals surface area contributed by atoms with Gasteiger partial charge in [0.05, 0.1) is 0 Å². The molecule has 0 unspecified atom stereocenters. The molecule has 0 N–H and O–H groups in total. The molecule has 17 heavy (non-hydrogen) atoms. The lowest BCUT2D eigenvalue weighted by atomic mass is 9.98. The van der Waals surface area contributed by atoms with Gasteiger partial charge in [0.1, 0.15) is 0 Å². The lowest BCUT2D eigenvalue weighted by molar-refractivity contribution is 0.0939. The van der Waals surface area contributed by atoms with Crippen molar-refractivity contribution in [3.05, 3.63) is 35.4 Å². The quantitative estimate of drug-likeness (QED) is 0.733. The largest absolute Gasteiger partial charge is 0.294 e. The molecule has 0 saturated carbocycles. The Balaban J connectivity index is 0.00000121. The maximum Gasteiger partial charge on any atom is 0.165 e. The number of Topliss-reactive ketones (excluding diaryl/α,β-unsaturated/α-hetero) is 2. The molecular formula is C15H22O2. The summed E-state index contributed by atoms with van der Waals surface area (Å²) in [7, 11) is 0. The fraction of sp³-hybridized carbons (Fsp3) is 0.467. The minimum Gasteiger partial charge on any atom is -0.294 e. The van der Waals surface area contributed by atoms with Crippen molar-refractivity contribution in [2.45, 2.75) is 41.0 Å². The first-order valence-corrected chi connectivity index (χ1v) is 6.23. The zero-order valence-electron chi connectivity index (χ0n) is 11.4. The maximum atomic E-state index is 11.7. The summed E-state index contributed by atoms with van der Waals surface area (Å²) in [5, 5.41) is 0. The summed E-state index contributed by atoms with van der Waals surface area (Å²) >= 11 is 0. The molecule has 0 fully saturated rings. The number of ketones is 2. The molecule has 0 spiro atoms. The highest BCUT2D eigenvalue weighted by atomic mass is 16.1. The van der Waals surface area contributed by atoms with Crippen LogP contribution in [0.3, 0.4) is 0 Å². The average Bonchev–Trinajstić information content (AvgIpc) is 2.39. The average molecular weight is 234 g/mol. The highest BCUT2D eigenvalue weighted by molar-refractivity contribution is 6.01. The smallest absolute Gasteiger partial charge is 0.165 e. The molecule has 0 aromatic heterocycles. The summed E-state index contributed by atoms with van der Waals surface area (Å²) in [6.45, 7) is 9.53. The topological polar surface area (TPSA) is 34.1 Å². The zero-order valence-corrected chi connectivity index (χ0v) is 11.4. The van der Waals surface area contributed by atoms with Crippen LogP contribution in [0.1, 0.15) is 61.8 Å². The fourth-order valence-corrected chi connectivity index (χ4v) is 1.38. The Morgan fingerprint density at radius 1 is 1.12 bits per heavy atom. The van der Waals surface area contributed by atoms with Gasteiger partial charge in [0.2, 0.25) is 0 Å². The standard InChI is InChI=1S/C13H16O2.C2H6/c1-4-12(14)10-6-5-7-11(8-10)13(15)9(2)3;1-2/h5-9H,4H2,1-3H3;1-2H3. The third kappa shape index (κ3) is 4.51. The van der Waals surface area contributed by atoms with Gasteiger partial charge < -0.3 is 0 Å². The number of hydrogen-bond acceptors (Lipinski definition) is 2. The van der Waals surface area contributed by atoms with E-state index in [2.05, 4.69) is 0 Å². The monoisotopic (exact) mass is 234 g/mol. The number of rotatable bonds is 4. The Kier molecular flexibility index (Phi) is 7.11. The lowest BCUT2D eigenvalue weighted by Gasteiger charge is -2.05. The van der Waals surface area contributed by atoms with Crippen LogP contribution in [0.15, 0.2) is 24.3 Å². The second kappa shape index (κ2) is 7.77. The third-order valence-electron chi connectivity index (χ3n) is 2.31. The number of carbonyl (C=O) groups is 2. The highest BCUT2D eigenvalue weighted by Gasteiger charge is 2.12. The second-order valence-electron chi connectivity index (χ2n) is 3.88. The fourth-order valence-electron chi connectivity index (χ4n) is 1.38. The van der Waals surface area contributed by atoms with E-state index in [1.54, 1.807) is 24.3 Å². The highest BCUT2D eigenvalue weighted by Crippen LogP contribution is 2.12. The Hall–Kier alpha value is -1.44. The molecule has 0 radical (unpaired) electrons. The Morgan fingerprint density at radius 2 is 1.65 bits per heavy atom. The van der Waals surface area contributed by atoms with Gasteiger partial charge in [-0.05, 0) is 6.07 Å². The van der Waals surface area contributed by atoms with Crippen molar-refractivity contribution < 1.29 is 9.59 Å². The minimum absolute atomic E-state index is 0.0306. The Labute approximate surface area is 104 Å². The number of hydrogen-bond donors (Lipinski definition) is 0. The van der Waals surface area contributed by atoms with Crippen molar-refractivity contribution >= 4 is 11.6 Å². The van der Waals surface area contributed by atoms with Gasteiger partial charge in [-0.3, -0.25) is 9.59 Å². The third-order valence-corrected chi connectivity index (χ3v) is 2.31. The lowest BCUT2D eigenvalue weighted by Crippen LogP contribution is -2.08. The predicted molar refractivity (Wildman–Crippen MR) is 71.6 cm³/mol. The zero-order chi connectivity index (χ0) is 13.4. The van der Waals surface area contributed by atoms with Crippen molar-refractivity contribution in [2.75, 3.05) is 0 Å². The molecular weight excluding hydrogens is 212 g/mol. The van der Waals surface area contributed by atoms with Gasteiger partial charge in [-0.25, -0.2) is 0 Å². The van der Waals surface area contributed by atoms with Gasteiger partial charge in [0, 0.05) is 23.5 Å². The van der Waals surface area contributed by atoms with Crippen LogP contribution < -0.4 is 0 Å². The van der Waals surface area contributed by atoms with Crippen LogP contribution in [0, 0.1) is 5.92 Å². The van der Waals surface area contributed by atoms with E-state index in [0.717, 1.165) is 0 Å². The number of carbonyl (C=O) groups excluding carboxylic acids is 2. The first kappa shape index (κ1) is 15.6. The summed E-state index contributed by atoms with van der Waals surface area (Å²) in [4.78, 5) is 23.1. The molecule has 2 heteroatoms. The molecule has 0 bridgehead atoms. The predicted octanol–water partition coefficient (Wildman–Crippen LogP) is 4.14. The normalized spacial score (nSPS) is 9.53. The van der Waals surface area contributed by atoms with Crippen LogP contribution in [0.2, 0.25) is 0 Å². The SMILES string of the molecule is CC.CCC(=O)c1cccc(C(=O)C(C)C)c1. The molecule has 0 atom stereocenters. The van der Waals surface area contributed by atoms with E-state index < -0.39 is 0 Å². The number of benzene rings is 1. The molecule has 0 saturated heterocycles. The first-order valence-electron chi connectivity index (χ1n) is 6.23. The first-order chi connectivity index (χ1) is 8.06. The van der Waals surface area contributed by atoms with Crippen LogP contribution in [-0.4, -0.2) is 11.6 Å². The van der Waals surface area contributed by atoms with E-state index in [1.807, 2.05) is 34.6 Å². The van der Waals surface area contributed by atoms with Gasteiger partial charge in [-0.2, -0.15) is 0 Å². The Morgan fingerprint density at radius 3 is 2.12 bits per heavy atom. The van der Waals surface area contributed by atoms with Crippen LogP contribution in [-0.2, 0) is 0 Å². The summed E-state index contributed by atoms with van der Waals surface area (Å²) in [6, 6.07) is 6.96. The van der Waals surface area contributed by atoms with E-state index in [0.29, 0.717) is 17.5 Å². The molecule has 1 aromatic rings. The van der Waals surface area contributed by atoms with Crippen LogP contribution in [0.4, 0.5) is 0 Å². The van der Waals surface area contributed by atoms with E-state index in [1.165, 1.54) is 0 Å². The van der Waals surface area contributed by atoms with Crippen molar-refractivity contribution in [2.24, 2.45) is 5.92 Å². The van der Waals surface area contributed by atoms with Crippen LogP contribution >= 0.6 is 0 Å². The molecule has 0 aliphatic heterocycles. The molecule has 94 valence electrons. The van der Waals surface area contributed by atoms with Gasteiger partial charge in [0.15, 0.2) is 11.6 Å². The van der Waals surface area contributed by atoms with E-state index >= 15 is 0 Å². The van der Waals surface area contributed by atoms with E-state index in [-0.39, 0.29) is 17.5 Å². The molecule has 1 aromatic carbocycles. The van der Waals surface area contributed by atoms with Gasteiger partial charge in [-0.15, -0.1) is 0 Å². The van der Waals surface area contributed by atoms with Crippen molar-refractivity contribution in [1.82, 2.24) is 0 Å². The van der Waals surface area contributed by atoms with Crippen LogP contribution in [0.5, 0.6) is 0 Å². The van der Waals surface area contributed by atoms with E-state index in [9.17, 15) is 9.59 Å². The summed E-state index contributed by atoms with van der Waals surface area (Å²) in [5.41, 5.74) is 1.26. The molecule has 0 amide bonds. The van der Waals surface area contributed by atoms with Crippen molar-refractivity contribution in [3.8, 4) is 0 Å². The summed E-state index contributed by atoms with van der Waals surface area (Å²) in [5.74, 6) is 0.131. The van der Waals surface area contributed by atoms with Gasteiger partial charge >= 0.3 is 0 Å². The maximum absolute atomic E-state index is 11.7. The van der Waals surface area contributed by atoms with Gasteiger partial charge in [0.25, 0.3) is 0 Å². The minimum atomic E-state index is -0.0306.